The SMILES string of the molecule is CC(C)n1c(=O)cc(Cl)[nH]c1=O.CC(C)n1c(=O)cc(N[C@@H](C)c2ccc(OCc3ccccc3)cc2)[nH]c1=O.Cc1ccc([C@H](C)N)cc1. The van der Waals surface area contributed by atoms with Crippen LogP contribution < -0.4 is 38.3 Å². The van der Waals surface area contributed by atoms with Crippen LogP contribution in [0.2, 0.25) is 5.15 Å². The number of aromatic nitrogens is 4. The Morgan fingerprint density at radius 2 is 1.24 bits per heavy atom. The summed E-state index contributed by atoms with van der Waals surface area (Å²) in [6, 6.07) is 28.4. The highest BCUT2D eigenvalue weighted by atomic mass is 35.5. The molecule has 0 aliphatic rings. The zero-order chi connectivity index (χ0) is 37.0. The van der Waals surface area contributed by atoms with Crippen LogP contribution in [0.1, 0.15) is 88.0 Å². The third kappa shape index (κ3) is 11.8. The molecule has 0 fully saturated rings. The van der Waals surface area contributed by atoms with Gasteiger partial charge in [-0.2, -0.15) is 0 Å². The molecule has 12 heteroatoms. The van der Waals surface area contributed by atoms with Gasteiger partial charge in [0.1, 0.15) is 23.3 Å². The lowest BCUT2D eigenvalue weighted by Crippen LogP contribution is -2.36. The average molecular weight is 703 g/mol. The van der Waals surface area contributed by atoms with E-state index in [2.05, 4.69) is 46.5 Å². The lowest BCUT2D eigenvalue weighted by atomic mass is 10.1. The fourth-order valence-electron chi connectivity index (χ4n) is 4.82. The van der Waals surface area contributed by atoms with E-state index in [4.69, 9.17) is 22.1 Å². The number of nitrogens with two attached hydrogens (primary N) is 1. The van der Waals surface area contributed by atoms with E-state index in [9.17, 15) is 19.2 Å². The minimum atomic E-state index is -0.470. The summed E-state index contributed by atoms with van der Waals surface area (Å²) in [5, 5.41) is 3.24. The number of nitrogens with one attached hydrogen (secondary N) is 3. The molecule has 11 nitrogen and oxygen atoms in total. The Morgan fingerprint density at radius 3 is 1.74 bits per heavy atom. The Labute approximate surface area is 296 Å². The molecular formula is C38H47ClN6O5. The van der Waals surface area contributed by atoms with Crippen molar-refractivity contribution in [3.63, 3.8) is 0 Å². The molecule has 266 valence electrons. The third-order valence-corrected chi connectivity index (χ3v) is 7.74. The molecular weight excluding hydrogens is 656 g/mol. The molecule has 2 atom stereocenters. The van der Waals surface area contributed by atoms with Crippen molar-refractivity contribution in [2.24, 2.45) is 5.73 Å². The fourth-order valence-corrected chi connectivity index (χ4v) is 4.99. The summed E-state index contributed by atoms with van der Waals surface area (Å²) in [5.41, 5.74) is 8.69. The lowest BCUT2D eigenvalue weighted by Gasteiger charge is -2.17. The zero-order valence-corrected chi connectivity index (χ0v) is 30.3. The first-order valence-corrected chi connectivity index (χ1v) is 16.8. The summed E-state index contributed by atoms with van der Waals surface area (Å²) in [4.78, 5) is 51.6. The monoisotopic (exact) mass is 702 g/mol. The number of aromatic amines is 2. The van der Waals surface area contributed by atoms with Crippen LogP contribution >= 0.6 is 11.6 Å². The Hall–Kier alpha value is -5.13. The van der Waals surface area contributed by atoms with Crippen LogP contribution in [-0.2, 0) is 6.61 Å². The average Bonchev–Trinajstić information content (AvgIpc) is 3.04. The van der Waals surface area contributed by atoms with Gasteiger partial charge in [-0.05, 0) is 77.3 Å². The zero-order valence-electron chi connectivity index (χ0n) is 29.6. The van der Waals surface area contributed by atoms with Gasteiger partial charge in [0.15, 0.2) is 0 Å². The second-order valence-corrected chi connectivity index (χ2v) is 12.8. The molecule has 2 heterocycles. The molecule has 0 spiro atoms. The first-order chi connectivity index (χ1) is 23.7. The van der Waals surface area contributed by atoms with Crippen molar-refractivity contribution in [2.45, 2.75) is 79.2 Å². The van der Waals surface area contributed by atoms with Crippen LogP contribution in [0, 0.1) is 6.92 Å². The number of hydrogen-bond donors (Lipinski definition) is 4. The Morgan fingerprint density at radius 1 is 0.720 bits per heavy atom. The quantitative estimate of drug-likeness (QED) is 0.125. The van der Waals surface area contributed by atoms with Gasteiger partial charge in [-0.3, -0.25) is 28.7 Å². The lowest BCUT2D eigenvalue weighted by molar-refractivity contribution is 0.306. The minimum Gasteiger partial charge on any atom is -0.489 e. The van der Waals surface area contributed by atoms with Crippen molar-refractivity contribution < 1.29 is 4.74 Å². The van der Waals surface area contributed by atoms with Crippen LogP contribution in [0.3, 0.4) is 0 Å². The maximum atomic E-state index is 12.1. The molecule has 0 aliphatic heterocycles. The number of halogens is 1. The second kappa shape index (κ2) is 18.6. The molecule has 0 aliphatic carbocycles. The molecule has 3 aromatic carbocycles. The van der Waals surface area contributed by atoms with Gasteiger partial charge >= 0.3 is 11.4 Å². The van der Waals surface area contributed by atoms with Gasteiger partial charge in [0.25, 0.3) is 11.1 Å². The summed E-state index contributed by atoms with van der Waals surface area (Å²) in [6.07, 6.45) is 0. The Bertz CT molecular complexity index is 1970. The molecule has 0 saturated carbocycles. The highest BCUT2D eigenvalue weighted by molar-refractivity contribution is 6.29. The number of ether oxygens (including phenoxy) is 1. The van der Waals surface area contributed by atoms with E-state index in [1.165, 1.54) is 27.8 Å². The summed E-state index contributed by atoms with van der Waals surface area (Å²) in [7, 11) is 0. The summed E-state index contributed by atoms with van der Waals surface area (Å²) in [6.45, 7) is 13.7. The summed E-state index contributed by atoms with van der Waals surface area (Å²) >= 11 is 5.46. The van der Waals surface area contributed by atoms with E-state index in [1.807, 2.05) is 68.4 Å². The first kappa shape index (κ1) is 39.3. The number of aryl methyl sites for hydroxylation is 1. The molecule has 0 amide bonds. The van der Waals surface area contributed by atoms with Crippen molar-refractivity contribution in [1.29, 1.82) is 0 Å². The predicted molar refractivity (Wildman–Crippen MR) is 201 cm³/mol. The maximum Gasteiger partial charge on any atom is 0.330 e. The van der Waals surface area contributed by atoms with Crippen LogP contribution in [0.5, 0.6) is 5.75 Å². The van der Waals surface area contributed by atoms with Crippen LogP contribution in [-0.4, -0.2) is 19.1 Å². The second-order valence-electron chi connectivity index (χ2n) is 12.4. The smallest absolute Gasteiger partial charge is 0.330 e. The van der Waals surface area contributed by atoms with Crippen LogP contribution in [0.15, 0.2) is 110 Å². The van der Waals surface area contributed by atoms with Crippen molar-refractivity contribution in [3.8, 4) is 5.75 Å². The van der Waals surface area contributed by atoms with Gasteiger partial charge in [0.2, 0.25) is 0 Å². The number of anilines is 1. The molecule has 0 saturated heterocycles. The van der Waals surface area contributed by atoms with Crippen LogP contribution in [0.25, 0.3) is 0 Å². The van der Waals surface area contributed by atoms with Crippen molar-refractivity contribution in [2.75, 3.05) is 5.32 Å². The van der Waals surface area contributed by atoms with Gasteiger partial charge in [-0.15, -0.1) is 0 Å². The number of H-pyrrole nitrogens is 2. The topological polar surface area (TPSA) is 157 Å². The Balaban J connectivity index is 0.000000251. The molecule has 0 bridgehead atoms. The fraction of sp³-hybridized carbons (Fsp3) is 0.316. The number of benzene rings is 3. The van der Waals surface area contributed by atoms with Crippen molar-refractivity contribution >= 4 is 17.4 Å². The number of nitrogens with zero attached hydrogens (tertiary/aromatic N) is 2. The molecule has 5 aromatic rings. The maximum absolute atomic E-state index is 12.1. The van der Waals surface area contributed by atoms with E-state index >= 15 is 0 Å². The Kier molecular flexibility index (Phi) is 14.6. The van der Waals surface area contributed by atoms with Gasteiger partial charge in [0, 0.05) is 36.3 Å². The molecule has 0 radical (unpaired) electrons. The summed E-state index contributed by atoms with van der Waals surface area (Å²) < 4.78 is 8.09. The molecule has 5 N–H and O–H groups in total. The molecule has 50 heavy (non-hydrogen) atoms. The van der Waals surface area contributed by atoms with Crippen LogP contribution in [0.4, 0.5) is 5.82 Å². The molecule has 0 unspecified atom stereocenters. The summed E-state index contributed by atoms with van der Waals surface area (Å²) in [5.74, 6) is 1.19. The largest absolute Gasteiger partial charge is 0.489 e. The van der Waals surface area contributed by atoms with Crippen molar-refractivity contribution in [1.82, 2.24) is 19.1 Å². The third-order valence-electron chi connectivity index (χ3n) is 7.53. The van der Waals surface area contributed by atoms with Gasteiger partial charge in [0.05, 0.1) is 0 Å². The highest BCUT2D eigenvalue weighted by Crippen LogP contribution is 2.21. The number of rotatable bonds is 9. The van der Waals surface area contributed by atoms with Gasteiger partial charge in [-0.1, -0.05) is 83.9 Å². The van der Waals surface area contributed by atoms with Gasteiger partial charge < -0.3 is 15.8 Å². The highest BCUT2D eigenvalue weighted by Gasteiger charge is 2.11. The van der Waals surface area contributed by atoms with Gasteiger partial charge in [-0.25, -0.2) is 9.59 Å². The minimum absolute atomic E-state index is 0.0712. The van der Waals surface area contributed by atoms with E-state index in [0.717, 1.165) is 21.4 Å². The predicted octanol–water partition coefficient (Wildman–Crippen LogP) is 6.66. The standard InChI is InChI=1S/C22H25N3O3.C9H13N.C7H9ClN2O2/c1-15(2)25-21(26)13-20(24-22(25)27)23-16(3)18-9-11-19(12-10-18)28-14-17-7-5-4-6-8-17;1-7-3-5-9(6-4-7)8(2)10;1-4(2)10-6(11)3-5(8)9-7(10)12/h4-13,15-16,23H,14H2,1-3H3,(H,24,27);3-6,8H,10H2,1-2H3;3-4H,1-2H3,(H,9,12)/t16-;8-;/m00./s1. The van der Waals surface area contributed by atoms with Crippen molar-refractivity contribution in [3.05, 3.63) is 160 Å². The molecule has 2 aromatic heterocycles. The molecule has 5 rings (SSSR count). The van der Waals surface area contributed by atoms with E-state index in [-0.39, 0.29) is 40.4 Å². The normalized spacial score (nSPS) is 11.9. The first-order valence-electron chi connectivity index (χ1n) is 16.4. The van der Waals surface area contributed by atoms with E-state index < -0.39 is 11.4 Å². The number of hydrogen-bond acceptors (Lipinski definition) is 7. The van der Waals surface area contributed by atoms with E-state index in [1.54, 1.807) is 27.7 Å². The van der Waals surface area contributed by atoms with E-state index in [0.29, 0.717) is 12.4 Å².